The molecule has 1 saturated heterocycles. The molecular formula is C18H21N3O2S. The summed E-state index contributed by atoms with van der Waals surface area (Å²) < 4.78 is 5.47. The normalized spacial score (nSPS) is 19.8. The Morgan fingerprint density at radius 1 is 1.25 bits per heavy atom. The summed E-state index contributed by atoms with van der Waals surface area (Å²) in [5, 5.41) is 2.12. The highest BCUT2D eigenvalue weighted by molar-refractivity contribution is 7.10. The van der Waals surface area contributed by atoms with Gasteiger partial charge in [0, 0.05) is 43.4 Å². The number of ether oxygens (including phenoxy) is 1. The van der Waals surface area contributed by atoms with E-state index in [1.807, 2.05) is 23.2 Å². The van der Waals surface area contributed by atoms with Crippen LogP contribution >= 0.6 is 11.3 Å². The summed E-state index contributed by atoms with van der Waals surface area (Å²) in [5.74, 6) is 0.182. The molecule has 2 aliphatic heterocycles. The van der Waals surface area contributed by atoms with Gasteiger partial charge in [0.1, 0.15) is 6.04 Å². The van der Waals surface area contributed by atoms with Crippen molar-refractivity contribution in [2.75, 3.05) is 32.8 Å². The zero-order valence-electron chi connectivity index (χ0n) is 13.6. The van der Waals surface area contributed by atoms with Gasteiger partial charge in [-0.1, -0.05) is 6.07 Å². The van der Waals surface area contributed by atoms with Gasteiger partial charge in [-0.3, -0.25) is 14.7 Å². The van der Waals surface area contributed by atoms with Gasteiger partial charge in [0.15, 0.2) is 0 Å². The van der Waals surface area contributed by atoms with Crippen LogP contribution < -0.4 is 0 Å². The average Bonchev–Trinajstić information content (AvgIpc) is 3.11. The molecular weight excluding hydrogens is 322 g/mol. The van der Waals surface area contributed by atoms with Gasteiger partial charge in [0.25, 0.3) is 0 Å². The maximum atomic E-state index is 13.3. The number of fused-ring (bicyclic) bond motifs is 1. The lowest BCUT2D eigenvalue weighted by atomic mass is 10.0. The first-order valence-corrected chi connectivity index (χ1v) is 9.26. The third-order valence-electron chi connectivity index (χ3n) is 4.76. The number of aromatic nitrogens is 1. The average molecular weight is 343 g/mol. The predicted molar refractivity (Wildman–Crippen MR) is 92.8 cm³/mol. The summed E-state index contributed by atoms with van der Waals surface area (Å²) in [6.07, 6.45) is 4.53. The Labute approximate surface area is 145 Å². The van der Waals surface area contributed by atoms with Crippen molar-refractivity contribution in [2.24, 2.45) is 0 Å². The lowest BCUT2D eigenvalue weighted by Crippen LogP contribution is -2.48. The number of hydrogen-bond acceptors (Lipinski definition) is 5. The first-order valence-electron chi connectivity index (χ1n) is 8.38. The van der Waals surface area contributed by atoms with Crippen molar-refractivity contribution in [2.45, 2.75) is 19.0 Å². The second kappa shape index (κ2) is 7.01. The second-order valence-corrected chi connectivity index (χ2v) is 7.22. The summed E-state index contributed by atoms with van der Waals surface area (Å²) in [6.45, 7) is 4.44. The molecule has 2 aromatic heterocycles. The Hall–Kier alpha value is -1.76. The Kier molecular flexibility index (Phi) is 4.60. The van der Waals surface area contributed by atoms with Crippen LogP contribution in [0.5, 0.6) is 0 Å². The molecule has 0 aliphatic carbocycles. The number of nitrogens with zero attached hydrogens (tertiary/aromatic N) is 3. The van der Waals surface area contributed by atoms with E-state index in [0.29, 0.717) is 13.2 Å². The first kappa shape index (κ1) is 15.7. The summed E-state index contributed by atoms with van der Waals surface area (Å²) in [7, 11) is 0. The van der Waals surface area contributed by atoms with Crippen LogP contribution in [0.3, 0.4) is 0 Å². The third kappa shape index (κ3) is 3.09. The summed E-state index contributed by atoms with van der Waals surface area (Å²) >= 11 is 1.80. The van der Waals surface area contributed by atoms with Crippen LogP contribution in [0.2, 0.25) is 0 Å². The smallest absolute Gasteiger partial charge is 0.244 e. The Morgan fingerprint density at radius 3 is 2.92 bits per heavy atom. The third-order valence-corrected chi connectivity index (χ3v) is 5.79. The maximum Gasteiger partial charge on any atom is 0.244 e. The molecule has 6 heteroatoms. The number of morpholine rings is 1. The van der Waals surface area contributed by atoms with Gasteiger partial charge >= 0.3 is 0 Å². The minimum atomic E-state index is -0.261. The van der Waals surface area contributed by atoms with Gasteiger partial charge in [0.2, 0.25) is 5.91 Å². The van der Waals surface area contributed by atoms with E-state index in [2.05, 4.69) is 21.3 Å². The SMILES string of the molecule is O=C([C@@H](c1cccnc1)N1CCOCC1)N1CCc2sccc2C1. The minimum Gasteiger partial charge on any atom is -0.379 e. The van der Waals surface area contributed by atoms with Crippen LogP contribution in [-0.4, -0.2) is 53.5 Å². The number of thiophene rings is 1. The molecule has 0 radical (unpaired) electrons. The molecule has 0 bridgehead atoms. The van der Waals surface area contributed by atoms with E-state index in [9.17, 15) is 4.79 Å². The fourth-order valence-electron chi connectivity index (χ4n) is 3.49. The van der Waals surface area contributed by atoms with Crippen molar-refractivity contribution in [1.29, 1.82) is 0 Å². The maximum absolute atomic E-state index is 13.3. The van der Waals surface area contributed by atoms with E-state index in [0.717, 1.165) is 38.2 Å². The molecule has 5 nitrogen and oxygen atoms in total. The number of carbonyl (C=O) groups excluding carboxylic acids is 1. The molecule has 1 fully saturated rings. The van der Waals surface area contributed by atoms with Crippen LogP contribution in [0.15, 0.2) is 36.0 Å². The molecule has 4 heterocycles. The van der Waals surface area contributed by atoms with Gasteiger partial charge < -0.3 is 9.64 Å². The van der Waals surface area contributed by atoms with Crippen LogP contribution in [0.25, 0.3) is 0 Å². The van der Waals surface area contributed by atoms with E-state index in [1.54, 1.807) is 17.5 Å². The Morgan fingerprint density at radius 2 is 2.12 bits per heavy atom. The highest BCUT2D eigenvalue weighted by Crippen LogP contribution is 2.29. The van der Waals surface area contributed by atoms with Crippen molar-refractivity contribution in [3.8, 4) is 0 Å². The van der Waals surface area contributed by atoms with E-state index in [4.69, 9.17) is 4.74 Å². The number of hydrogen-bond donors (Lipinski definition) is 0. The monoisotopic (exact) mass is 343 g/mol. The molecule has 24 heavy (non-hydrogen) atoms. The topological polar surface area (TPSA) is 45.7 Å². The highest BCUT2D eigenvalue weighted by Gasteiger charge is 2.34. The molecule has 4 rings (SSSR count). The van der Waals surface area contributed by atoms with Crippen LogP contribution in [0.1, 0.15) is 22.0 Å². The van der Waals surface area contributed by atoms with Crippen molar-refractivity contribution < 1.29 is 9.53 Å². The van der Waals surface area contributed by atoms with E-state index in [-0.39, 0.29) is 11.9 Å². The van der Waals surface area contributed by atoms with Crippen LogP contribution in [0, 0.1) is 0 Å². The lowest BCUT2D eigenvalue weighted by Gasteiger charge is -2.37. The number of pyridine rings is 1. The van der Waals surface area contributed by atoms with Gasteiger partial charge in [-0.25, -0.2) is 0 Å². The Balaban J connectivity index is 1.59. The summed E-state index contributed by atoms with van der Waals surface area (Å²) in [5.41, 5.74) is 2.27. The molecule has 126 valence electrons. The number of rotatable bonds is 3. The summed E-state index contributed by atoms with van der Waals surface area (Å²) in [6, 6.07) is 5.80. The molecule has 2 aliphatic rings. The van der Waals surface area contributed by atoms with Crippen molar-refractivity contribution in [1.82, 2.24) is 14.8 Å². The van der Waals surface area contributed by atoms with E-state index >= 15 is 0 Å². The van der Waals surface area contributed by atoms with Gasteiger partial charge in [-0.05, 0) is 35.1 Å². The quantitative estimate of drug-likeness (QED) is 0.856. The number of amides is 1. The van der Waals surface area contributed by atoms with Crippen molar-refractivity contribution >= 4 is 17.2 Å². The first-order chi connectivity index (χ1) is 11.8. The molecule has 0 saturated carbocycles. The molecule has 2 aromatic rings. The Bertz CT molecular complexity index is 697. The van der Waals surface area contributed by atoms with E-state index < -0.39 is 0 Å². The molecule has 0 N–H and O–H groups in total. The zero-order chi connectivity index (χ0) is 16.4. The summed E-state index contributed by atoms with van der Waals surface area (Å²) in [4.78, 5) is 23.2. The number of carbonyl (C=O) groups is 1. The molecule has 0 spiro atoms. The standard InChI is InChI=1S/C18H21N3O2S/c22-18(21-6-3-16-15(13-21)4-11-24-16)17(14-2-1-5-19-12-14)20-7-9-23-10-8-20/h1-2,4-5,11-12,17H,3,6-10,13H2/t17-/m1/s1. The van der Waals surface area contributed by atoms with Gasteiger partial charge in [-0.2, -0.15) is 0 Å². The van der Waals surface area contributed by atoms with E-state index in [1.165, 1.54) is 10.4 Å². The second-order valence-electron chi connectivity index (χ2n) is 6.22. The van der Waals surface area contributed by atoms with Gasteiger partial charge in [-0.15, -0.1) is 11.3 Å². The van der Waals surface area contributed by atoms with Gasteiger partial charge in [0.05, 0.1) is 13.2 Å². The zero-order valence-corrected chi connectivity index (χ0v) is 14.4. The fraction of sp³-hybridized carbons (Fsp3) is 0.444. The predicted octanol–water partition coefficient (Wildman–Crippen LogP) is 2.10. The van der Waals surface area contributed by atoms with Crippen molar-refractivity contribution in [3.63, 3.8) is 0 Å². The molecule has 0 aromatic carbocycles. The van der Waals surface area contributed by atoms with Crippen molar-refractivity contribution in [3.05, 3.63) is 52.0 Å². The molecule has 1 atom stereocenters. The fourth-order valence-corrected chi connectivity index (χ4v) is 4.38. The highest BCUT2D eigenvalue weighted by atomic mass is 32.1. The minimum absolute atomic E-state index is 0.182. The van der Waals surface area contributed by atoms with Crippen LogP contribution in [-0.2, 0) is 22.5 Å². The van der Waals surface area contributed by atoms with Crippen LogP contribution in [0.4, 0.5) is 0 Å². The molecule has 0 unspecified atom stereocenters. The lowest BCUT2D eigenvalue weighted by molar-refractivity contribution is -0.140. The molecule has 1 amide bonds. The largest absolute Gasteiger partial charge is 0.379 e.